The highest BCUT2D eigenvalue weighted by Crippen LogP contribution is 2.28. The summed E-state index contributed by atoms with van der Waals surface area (Å²) in [5.74, 6) is 0. The van der Waals surface area contributed by atoms with Gasteiger partial charge >= 0.3 is 0 Å². The molecule has 0 aliphatic carbocycles. The van der Waals surface area contributed by atoms with Crippen molar-refractivity contribution >= 4 is 8.80 Å². The van der Waals surface area contributed by atoms with Gasteiger partial charge in [0.15, 0.2) is 0 Å². The third-order valence-electron chi connectivity index (χ3n) is 2.31. The van der Waals surface area contributed by atoms with E-state index < -0.39 is 8.80 Å². The van der Waals surface area contributed by atoms with Crippen LogP contribution in [0.3, 0.4) is 0 Å². The average molecular weight is 178 g/mol. The fourth-order valence-electron chi connectivity index (χ4n) is 2.31. The van der Waals surface area contributed by atoms with Crippen LogP contribution in [0.5, 0.6) is 0 Å². The molecule has 0 fully saturated rings. The highest BCUT2D eigenvalue weighted by Gasteiger charge is 2.22. The Labute approximate surface area is 72.4 Å². The number of halogens is 1. The van der Waals surface area contributed by atoms with Crippen LogP contribution in [0.1, 0.15) is 41.5 Å². The zero-order chi connectivity index (χ0) is 8.31. The molecule has 0 bridgehead atoms. The van der Waals surface area contributed by atoms with Crippen molar-refractivity contribution in [1.29, 1.82) is 0 Å². The maximum absolute atomic E-state index is 2.39. The molecule has 0 N–H and O–H groups in total. The van der Waals surface area contributed by atoms with E-state index in [2.05, 4.69) is 41.5 Å². The lowest BCUT2D eigenvalue weighted by molar-refractivity contribution is 0.863. The van der Waals surface area contributed by atoms with Crippen molar-refractivity contribution in [3.05, 3.63) is 0 Å². The predicted molar refractivity (Wildman–Crippen MR) is 54.9 cm³/mol. The standard InChI is InChI=1S/C9H22Si.FH/c1-7(2)10(8(3)4)9(5)6;/h7-10H,1-6H3;1H. The second kappa shape index (κ2) is 5.75. The van der Waals surface area contributed by atoms with Gasteiger partial charge < -0.3 is 0 Å². The molecule has 0 spiro atoms. The molecule has 0 aliphatic heterocycles. The molecule has 0 saturated carbocycles. The summed E-state index contributed by atoms with van der Waals surface area (Å²) >= 11 is 0. The molecule has 0 aromatic carbocycles. The zero-order valence-corrected chi connectivity index (χ0v) is 9.87. The zero-order valence-electron chi connectivity index (χ0n) is 8.72. The first kappa shape index (κ1) is 13.7. The van der Waals surface area contributed by atoms with E-state index in [1.54, 1.807) is 0 Å². The van der Waals surface area contributed by atoms with Gasteiger partial charge in [-0.1, -0.05) is 58.2 Å². The molecule has 0 unspecified atom stereocenters. The Morgan fingerprint density at radius 3 is 0.818 bits per heavy atom. The summed E-state index contributed by atoms with van der Waals surface area (Å²) in [5, 5.41) is 0. The van der Waals surface area contributed by atoms with Crippen LogP contribution in [-0.4, -0.2) is 8.80 Å². The van der Waals surface area contributed by atoms with E-state index >= 15 is 0 Å². The highest BCUT2D eigenvalue weighted by atomic mass is 28.3. The van der Waals surface area contributed by atoms with Crippen LogP contribution in [0.25, 0.3) is 0 Å². The minimum Gasteiger partial charge on any atom is -0.269 e. The Kier molecular flexibility index (Phi) is 7.18. The van der Waals surface area contributed by atoms with Gasteiger partial charge in [-0.2, -0.15) is 0 Å². The molecule has 0 atom stereocenters. The van der Waals surface area contributed by atoms with Gasteiger partial charge in [0.05, 0.1) is 0 Å². The van der Waals surface area contributed by atoms with Crippen LogP contribution < -0.4 is 0 Å². The second-order valence-corrected chi connectivity index (χ2v) is 9.46. The predicted octanol–water partition coefficient (Wildman–Crippen LogP) is 3.60. The van der Waals surface area contributed by atoms with Crippen LogP contribution in [0.4, 0.5) is 4.70 Å². The van der Waals surface area contributed by atoms with E-state index in [-0.39, 0.29) is 4.70 Å². The topological polar surface area (TPSA) is 0 Å². The van der Waals surface area contributed by atoms with Gasteiger partial charge in [0.25, 0.3) is 0 Å². The summed E-state index contributed by atoms with van der Waals surface area (Å²) in [5.41, 5.74) is 2.92. The van der Waals surface area contributed by atoms with E-state index in [9.17, 15) is 0 Å². The van der Waals surface area contributed by atoms with Crippen LogP contribution >= 0.6 is 0 Å². The Morgan fingerprint density at radius 2 is 0.818 bits per heavy atom. The minimum atomic E-state index is -0.454. The first-order valence-electron chi connectivity index (χ1n) is 4.46. The highest BCUT2D eigenvalue weighted by molar-refractivity contribution is 6.63. The number of hydrogen-bond acceptors (Lipinski definition) is 0. The SMILES string of the molecule is CC(C)[SiH](C(C)C)C(C)C.F. The Balaban J connectivity index is 0. The average Bonchev–Trinajstić information content (AvgIpc) is 1.59. The molecular weight excluding hydrogens is 155 g/mol. The summed E-state index contributed by atoms with van der Waals surface area (Å²) < 4.78 is 0. The normalized spacial score (nSPS) is 11.5. The number of hydrogen-bond donors (Lipinski definition) is 0. The van der Waals surface area contributed by atoms with Gasteiger partial charge in [0.1, 0.15) is 0 Å². The van der Waals surface area contributed by atoms with Crippen molar-refractivity contribution in [3.8, 4) is 0 Å². The summed E-state index contributed by atoms with van der Waals surface area (Å²) in [6.07, 6.45) is 0. The summed E-state index contributed by atoms with van der Waals surface area (Å²) in [4.78, 5) is 0. The molecule has 2 heteroatoms. The Morgan fingerprint density at radius 1 is 0.636 bits per heavy atom. The molecule has 0 heterocycles. The van der Waals surface area contributed by atoms with E-state index in [1.807, 2.05) is 0 Å². The van der Waals surface area contributed by atoms with Crippen molar-refractivity contribution in [1.82, 2.24) is 0 Å². The Hall–Kier alpha value is 0.147. The first-order chi connectivity index (χ1) is 4.46. The second-order valence-electron chi connectivity index (χ2n) is 4.31. The minimum absolute atomic E-state index is 0. The molecule has 0 rings (SSSR count). The molecular formula is C9H23FSi. The van der Waals surface area contributed by atoms with Gasteiger partial charge in [0.2, 0.25) is 0 Å². The molecule has 70 valence electrons. The van der Waals surface area contributed by atoms with Gasteiger partial charge in [-0.15, -0.1) is 0 Å². The molecule has 0 radical (unpaired) electrons. The van der Waals surface area contributed by atoms with Gasteiger partial charge in [-0.05, 0) is 0 Å². The fraction of sp³-hybridized carbons (Fsp3) is 1.00. The molecule has 0 aromatic rings. The van der Waals surface area contributed by atoms with E-state index in [0.717, 1.165) is 16.6 Å². The maximum atomic E-state index is 2.39. The van der Waals surface area contributed by atoms with Crippen LogP contribution in [-0.2, 0) is 0 Å². The van der Waals surface area contributed by atoms with E-state index in [1.165, 1.54) is 0 Å². The molecule has 0 aliphatic rings. The maximum Gasteiger partial charge on any atom is 0.0445 e. The lowest BCUT2D eigenvalue weighted by atomic mass is 10.5. The summed E-state index contributed by atoms with van der Waals surface area (Å²) in [6.45, 7) is 14.3. The molecule has 0 aromatic heterocycles. The molecule has 0 amide bonds. The van der Waals surface area contributed by atoms with E-state index in [4.69, 9.17) is 0 Å². The van der Waals surface area contributed by atoms with Crippen molar-refractivity contribution in [3.63, 3.8) is 0 Å². The van der Waals surface area contributed by atoms with Crippen molar-refractivity contribution < 1.29 is 4.70 Å². The summed E-state index contributed by atoms with van der Waals surface area (Å²) in [7, 11) is -0.454. The lowest BCUT2D eigenvalue weighted by Crippen LogP contribution is -2.24. The van der Waals surface area contributed by atoms with E-state index in [0.29, 0.717) is 0 Å². The molecule has 0 nitrogen and oxygen atoms in total. The van der Waals surface area contributed by atoms with Crippen LogP contribution in [0, 0.1) is 0 Å². The Bertz CT molecular complexity index is 70.5. The monoisotopic (exact) mass is 178 g/mol. The third kappa shape index (κ3) is 4.56. The van der Waals surface area contributed by atoms with Gasteiger partial charge in [0, 0.05) is 8.80 Å². The first-order valence-corrected chi connectivity index (χ1v) is 6.46. The van der Waals surface area contributed by atoms with Crippen LogP contribution in [0.15, 0.2) is 0 Å². The van der Waals surface area contributed by atoms with Crippen molar-refractivity contribution in [2.75, 3.05) is 0 Å². The summed E-state index contributed by atoms with van der Waals surface area (Å²) in [6, 6.07) is 0. The van der Waals surface area contributed by atoms with Crippen molar-refractivity contribution in [2.24, 2.45) is 0 Å². The van der Waals surface area contributed by atoms with Crippen molar-refractivity contribution in [2.45, 2.75) is 58.2 Å². The van der Waals surface area contributed by atoms with Crippen LogP contribution in [0.2, 0.25) is 16.6 Å². The largest absolute Gasteiger partial charge is 0.269 e. The quantitative estimate of drug-likeness (QED) is 0.579. The number of rotatable bonds is 3. The van der Waals surface area contributed by atoms with Gasteiger partial charge in [-0.3, -0.25) is 4.70 Å². The fourth-order valence-corrected chi connectivity index (χ4v) is 6.93. The molecule has 0 saturated heterocycles. The lowest BCUT2D eigenvalue weighted by Gasteiger charge is -2.26. The molecule has 11 heavy (non-hydrogen) atoms. The third-order valence-corrected chi connectivity index (χ3v) is 6.93. The van der Waals surface area contributed by atoms with Gasteiger partial charge in [-0.25, -0.2) is 0 Å². The smallest absolute Gasteiger partial charge is 0.0445 e.